The van der Waals surface area contributed by atoms with Crippen LogP contribution in [0.15, 0.2) is 40.9 Å². The largest absolute Gasteiger partial charge is 0.456 e. The van der Waals surface area contributed by atoms with Crippen LogP contribution in [-0.4, -0.2) is 0 Å². The van der Waals surface area contributed by atoms with Crippen molar-refractivity contribution in [1.29, 1.82) is 0 Å². The van der Waals surface area contributed by atoms with Gasteiger partial charge in [-0.05, 0) is 47.1 Å². The zero-order valence-corrected chi connectivity index (χ0v) is 12.9. The van der Waals surface area contributed by atoms with Crippen molar-refractivity contribution in [3.8, 4) is 11.5 Å². The van der Waals surface area contributed by atoms with Crippen molar-refractivity contribution in [3.63, 3.8) is 0 Å². The zero-order chi connectivity index (χ0) is 13.1. The van der Waals surface area contributed by atoms with Crippen molar-refractivity contribution in [2.45, 2.75) is 12.3 Å². The van der Waals surface area contributed by atoms with Gasteiger partial charge in [-0.1, -0.05) is 33.6 Å². The van der Waals surface area contributed by atoms with Gasteiger partial charge in [0.2, 0.25) is 0 Å². The van der Waals surface area contributed by atoms with E-state index in [1.165, 1.54) is 17.7 Å². The van der Waals surface area contributed by atoms with Crippen LogP contribution >= 0.6 is 31.9 Å². The number of rotatable bonds is 3. The molecule has 0 heterocycles. The Balaban J connectivity index is 2.33. The van der Waals surface area contributed by atoms with E-state index in [4.69, 9.17) is 4.74 Å². The lowest BCUT2D eigenvalue weighted by Crippen LogP contribution is -1.91. The maximum absolute atomic E-state index is 13.0. The summed E-state index contributed by atoms with van der Waals surface area (Å²) in [5.74, 6) is 1.08. The lowest BCUT2D eigenvalue weighted by Gasteiger charge is -2.11. The predicted octanol–water partition coefficient (Wildman–Crippen LogP) is 5.58. The number of halogens is 3. The summed E-state index contributed by atoms with van der Waals surface area (Å²) in [5, 5.41) is 0.711. The molecule has 94 valence electrons. The van der Waals surface area contributed by atoms with Crippen molar-refractivity contribution >= 4 is 31.9 Å². The van der Waals surface area contributed by atoms with E-state index in [0.29, 0.717) is 15.6 Å². The molecule has 0 aliphatic carbocycles. The van der Waals surface area contributed by atoms with Gasteiger partial charge in [-0.2, -0.15) is 0 Å². The molecule has 0 amide bonds. The van der Waals surface area contributed by atoms with Gasteiger partial charge in [0.05, 0.1) is 4.47 Å². The molecule has 2 aromatic carbocycles. The lowest BCUT2D eigenvalue weighted by atomic mass is 10.1. The highest BCUT2D eigenvalue weighted by Gasteiger charge is 2.08. The van der Waals surface area contributed by atoms with Crippen molar-refractivity contribution in [1.82, 2.24) is 0 Å². The van der Waals surface area contributed by atoms with Gasteiger partial charge in [0.15, 0.2) is 0 Å². The molecule has 0 aliphatic heterocycles. The zero-order valence-electron chi connectivity index (χ0n) is 9.71. The fourth-order valence-corrected chi connectivity index (χ4v) is 2.46. The molecule has 0 N–H and O–H groups in total. The molecule has 0 saturated heterocycles. The monoisotopic (exact) mass is 372 g/mol. The third-order valence-electron chi connectivity index (χ3n) is 2.47. The number of ether oxygens (including phenoxy) is 1. The molecule has 1 nitrogen and oxygen atoms in total. The van der Waals surface area contributed by atoms with Gasteiger partial charge >= 0.3 is 0 Å². The standard InChI is InChI=1S/C14H11Br2FO/c1-9-2-4-13(10(6-9)8-15)18-14-5-3-11(17)7-12(14)16/h2-7H,8H2,1H3. The topological polar surface area (TPSA) is 9.23 Å². The van der Waals surface area contributed by atoms with Gasteiger partial charge in [-0.25, -0.2) is 4.39 Å². The fraction of sp³-hybridized carbons (Fsp3) is 0.143. The minimum Gasteiger partial charge on any atom is -0.456 e. The summed E-state index contributed by atoms with van der Waals surface area (Å²) in [6.45, 7) is 2.03. The Hall–Kier alpha value is -0.870. The maximum Gasteiger partial charge on any atom is 0.141 e. The molecule has 0 saturated carbocycles. The minimum absolute atomic E-state index is 0.293. The highest BCUT2D eigenvalue weighted by Crippen LogP contribution is 2.33. The number of hydrogen-bond donors (Lipinski definition) is 0. The van der Waals surface area contributed by atoms with Crippen molar-refractivity contribution in [2.75, 3.05) is 0 Å². The average molecular weight is 374 g/mol. The Bertz CT molecular complexity index is 570. The molecular weight excluding hydrogens is 363 g/mol. The van der Waals surface area contributed by atoms with Crippen LogP contribution in [0, 0.1) is 12.7 Å². The predicted molar refractivity (Wildman–Crippen MR) is 78.0 cm³/mol. The molecule has 0 aliphatic rings. The Morgan fingerprint density at radius 2 is 1.83 bits per heavy atom. The highest BCUT2D eigenvalue weighted by atomic mass is 79.9. The first-order valence-corrected chi connectivity index (χ1v) is 7.30. The van der Waals surface area contributed by atoms with E-state index in [-0.39, 0.29) is 5.82 Å². The van der Waals surface area contributed by atoms with Crippen molar-refractivity contribution in [3.05, 3.63) is 57.8 Å². The number of aryl methyl sites for hydroxylation is 1. The summed E-state index contributed by atoms with van der Waals surface area (Å²) < 4.78 is 19.4. The van der Waals surface area contributed by atoms with E-state index in [1.54, 1.807) is 6.07 Å². The van der Waals surface area contributed by atoms with Crippen LogP contribution < -0.4 is 4.74 Å². The van der Waals surface area contributed by atoms with Crippen LogP contribution in [0.1, 0.15) is 11.1 Å². The van der Waals surface area contributed by atoms with Crippen molar-refractivity contribution < 1.29 is 9.13 Å². The van der Waals surface area contributed by atoms with Gasteiger partial charge in [-0.3, -0.25) is 0 Å². The van der Waals surface area contributed by atoms with Gasteiger partial charge in [0, 0.05) is 10.9 Å². The third-order valence-corrected chi connectivity index (χ3v) is 3.70. The first-order chi connectivity index (χ1) is 8.60. The number of benzene rings is 2. The fourth-order valence-electron chi connectivity index (χ4n) is 1.59. The van der Waals surface area contributed by atoms with Gasteiger partial charge in [0.1, 0.15) is 17.3 Å². The van der Waals surface area contributed by atoms with Crippen LogP contribution in [0.25, 0.3) is 0 Å². The molecule has 18 heavy (non-hydrogen) atoms. The summed E-state index contributed by atoms with van der Waals surface area (Å²) in [4.78, 5) is 0. The van der Waals surface area contributed by atoms with Crippen LogP contribution in [-0.2, 0) is 5.33 Å². The number of hydrogen-bond acceptors (Lipinski definition) is 1. The molecule has 0 unspecified atom stereocenters. The first-order valence-electron chi connectivity index (χ1n) is 5.38. The SMILES string of the molecule is Cc1ccc(Oc2ccc(F)cc2Br)c(CBr)c1. The molecule has 0 aromatic heterocycles. The summed E-state index contributed by atoms with van der Waals surface area (Å²) >= 11 is 6.72. The maximum atomic E-state index is 13.0. The van der Waals surface area contributed by atoms with Crippen LogP contribution in [0.4, 0.5) is 4.39 Å². The molecule has 0 atom stereocenters. The Morgan fingerprint density at radius 1 is 1.11 bits per heavy atom. The summed E-state index contributed by atoms with van der Waals surface area (Å²) in [5.41, 5.74) is 2.24. The summed E-state index contributed by atoms with van der Waals surface area (Å²) in [6.07, 6.45) is 0. The Kier molecular flexibility index (Phi) is 4.40. The van der Waals surface area contributed by atoms with E-state index < -0.39 is 0 Å². The normalized spacial score (nSPS) is 10.4. The smallest absolute Gasteiger partial charge is 0.141 e. The van der Waals surface area contributed by atoms with E-state index in [2.05, 4.69) is 37.9 Å². The first kappa shape index (κ1) is 13.6. The molecule has 2 aromatic rings. The van der Waals surface area contributed by atoms with Crippen LogP contribution in [0.5, 0.6) is 11.5 Å². The second kappa shape index (κ2) is 5.85. The molecule has 4 heteroatoms. The molecule has 2 rings (SSSR count). The quantitative estimate of drug-likeness (QED) is 0.637. The minimum atomic E-state index is -0.293. The third kappa shape index (κ3) is 3.12. The van der Waals surface area contributed by atoms with Crippen LogP contribution in [0.2, 0.25) is 0 Å². The molecule has 0 spiro atoms. The molecule has 0 fully saturated rings. The summed E-state index contributed by atoms with van der Waals surface area (Å²) in [6, 6.07) is 10.3. The Labute approximate surface area is 122 Å². The van der Waals surface area contributed by atoms with Gasteiger partial charge in [0.25, 0.3) is 0 Å². The van der Waals surface area contributed by atoms with E-state index in [1.807, 2.05) is 19.1 Å². The average Bonchev–Trinajstić information content (AvgIpc) is 2.34. The second-order valence-corrected chi connectivity index (χ2v) is 5.34. The second-order valence-electron chi connectivity index (χ2n) is 3.92. The van der Waals surface area contributed by atoms with E-state index in [0.717, 1.165) is 11.3 Å². The Morgan fingerprint density at radius 3 is 2.50 bits per heavy atom. The van der Waals surface area contributed by atoms with Crippen molar-refractivity contribution in [2.24, 2.45) is 0 Å². The molecule has 0 bridgehead atoms. The summed E-state index contributed by atoms with van der Waals surface area (Å²) in [7, 11) is 0. The van der Waals surface area contributed by atoms with E-state index >= 15 is 0 Å². The van der Waals surface area contributed by atoms with Gasteiger partial charge in [-0.15, -0.1) is 0 Å². The molecular formula is C14H11Br2FO. The number of alkyl halides is 1. The van der Waals surface area contributed by atoms with Gasteiger partial charge < -0.3 is 4.74 Å². The lowest BCUT2D eigenvalue weighted by molar-refractivity contribution is 0.473. The van der Waals surface area contributed by atoms with Crippen LogP contribution in [0.3, 0.4) is 0 Å². The molecule has 0 radical (unpaired) electrons. The highest BCUT2D eigenvalue weighted by molar-refractivity contribution is 9.10. The van der Waals surface area contributed by atoms with E-state index in [9.17, 15) is 4.39 Å².